The maximum absolute atomic E-state index is 12.5. The molecule has 0 unspecified atom stereocenters. The molecule has 0 aliphatic rings. The summed E-state index contributed by atoms with van der Waals surface area (Å²) in [6.07, 6.45) is 2.80. The highest BCUT2D eigenvalue weighted by atomic mass is 16.4. The predicted octanol–water partition coefficient (Wildman–Crippen LogP) is 2.81. The van der Waals surface area contributed by atoms with Crippen molar-refractivity contribution in [2.24, 2.45) is 0 Å². The van der Waals surface area contributed by atoms with Crippen molar-refractivity contribution in [1.82, 2.24) is 9.97 Å². The minimum Gasteiger partial charge on any atom is -0.439 e. The van der Waals surface area contributed by atoms with Crippen LogP contribution in [0.4, 0.5) is 11.4 Å². The van der Waals surface area contributed by atoms with Crippen LogP contribution in [-0.4, -0.2) is 21.6 Å². The molecule has 2 aromatic heterocycles. The number of nitrogens with one attached hydrogen (secondary N) is 2. The SMILES string of the molecule is Cc1ncc(C(=N)c2cc(NC(=O)c3ncc(C#N)cc3C)ccc2N)o1. The first-order valence-corrected chi connectivity index (χ1v) is 7.98. The summed E-state index contributed by atoms with van der Waals surface area (Å²) < 4.78 is 5.37. The van der Waals surface area contributed by atoms with Crippen molar-refractivity contribution < 1.29 is 9.21 Å². The van der Waals surface area contributed by atoms with Crippen molar-refractivity contribution in [2.45, 2.75) is 13.8 Å². The maximum atomic E-state index is 12.5. The van der Waals surface area contributed by atoms with Crippen LogP contribution in [0.1, 0.15) is 38.8 Å². The predicted molar refractivity (Wildman–Crippen MR) is 99.7 cm³/mol. The number of anilines is 2. The molecule has 0 spiro atoms. The lowest BCUT2D eigenvalue weighted by atomic mass is 10.1. The summed E-state index contributed by atoms with van der Waals surface area (Å²) in [5.74, 6) is 0.308. The summed E-state index contributed by atoms with van der Waals surface area (Å²) in [5, 5.41) is 19.9. The number of oxazole rings is 1. The number of nitrogen functional groups attached to an aromatic ring is 1. The topological polar surface area (TPSA) is 142 Å². The molecule has 27 heavy (non-hydrogen) atoms. The highest BCUT2D eigenvalue weighted by molar-refractivity contribution is 6.13. The summed E-state index contributed by atoms with van der Waals surface area (Å²) in [6.45, 7) is 3.39. The maximum Gasteiger partial charge on any atom is 0.274 e. The van der Waals surface area contributed by atoms with E-state index in [4.69, 9.17) is 20.8 Å². The van der Waals surface area contributed by atoms with Crippen LogP contribution in [-0.2, 0) is 0 Å². The average Bonchev–Trinajstić information content (AvgIpc) is 3.08. The van der Waals surface area contributed by atoms with Gasteiger partial charge in [0.05, 0.1) is 11.8 Å². The van der Waals surface area contributed by atoms with E-state index in [0.29, 0.717) is 34.0 Å². The van der Waals surface area contributed by atoms with Crippen LogP contribution in [0.25, 0.3) is 0 Å². The lowest BCUT2D eigenvalue weighted by Gasteiger charge is -2.11. The number of aryl methyl sites for hydroxylation is 2. The summed E-state index contributed by atoms with van der Waals surface area (Å²) in [7, 11) is 0. The number of pyridine rings is 1. The highest BCUT2D eigenvalue weighted by Crippen LogP contribution is 2.22. The number of nitrogens with two attached hydrogens (primary N) is 1. The summed E-state index contributed by atoms with van der Waals surface area (Å²) in [6, 6.07) is 8.40. The van der Waals surface area contributed by atoms with Crippen molar-refractivity contribution in [2.75, 3.05) is 11.1 Å². The monoisotopic (exact) mass is 360 g/mol. The normalized spacial score (nSPS) is 10.3. The zero-order chi connectivity index (χ0) is 19.6. The Balaban J connectivity index is 1.87. The first kappa shape index (κ1) is 17.8. The van der Waals surface area contributed by atoms with Crippen LogP contribution in [0.5, 0.6) is 0 Å². The summed E-state index contributed by atoms with van der Waals surface area (Å²) >= 11 is 0. The van der Waals surface area contributed by atoms with Gasteiger partial charge in [0.2, 0.25) is 0 Å². The van der Waals surface area contributed by atoms with Gasteiger partial charge in [0.15, 0.2) is 11.7 Å². The summed E-state index contributed by atoms with van der Waals surface area (Å²) in [4.78, 5) is 20.5. The molecule has 3 rings (SSSR count). The second kappa shape index (κ2) is 7.09. The number of hydrogen-bond donors (Lipinski definition) is 3. The molecule has 0 saturated carbocycles. The van der Waals surface area contributed by atoms with Gasteiger partial charge in [-0.15, -0.1) is 0 Å². The molecule has 0 aliphatic heterocycles. The molecule has 3 aromatic rings. The molecular formula is C19H16N6O2. The Morgan fingerprint density at radius 3 is 2.67 bits per heavy atom. The quantitative estimate of drug-likeness (QED) is 0.482. The van der Waals surface area contributed by atoms with Crippen LogP contribution in [0.2, 0.25) is 0 Å². The van der Waals surface area contributed by atoms with E-state index >= 15 is 0 Å². The fourth-order valence-electron chi connectivity index (χ4n) is 2.52. The lowest BCUT2D eigenvalue weighted by molar-refractivity contribution is 0.102. The third-order valence-corrected chi connectivity index (χ3v) is 3.87. The van der Waals surface area contributed by atoms with E-state index in [1.165, 1.54) is 12.4 Å². The molecule has 0 atom stereocenters. The van der Waals surface area contributed by atoms with Crippen LogP contribution in [0, 0.1) is 30.6 Å². The Hall–Kier alpha value is -3.99. The number of nitrogens with zero attached hydrogens (tertiary/aromatic N) is 3. The second-order valence-electron chi connectivity index (χ2n) is 5.88. The lowest BCUT2D eigenvalue weighted by Crippen LogP contribution is -2.16. The standard InChI is InChI=1S/C19H16N6O2/c1-10-5-12(7-20)8-24-18(10)19(26)25-13-3-4-15(21)14(6-13)17(22)16-9-23-11(2)27-16/h3-6,8-9,22H,21H2,1-2H3,(H,25,26). The van der Waals surface area contributed by atoms with Crippen molar-refractivity contribution in [1.29, 1.82) is 10.7 Å². The molecule has 8 heteroatoms. The van der Waals surface area contributed by atoms with E-state index in [0.717, 1.165) is 0 Å². The first-order chi connectivity index (χ1) is 12.9. The smallest absolute Gasteiger partial charge is 0.274 e. The molecule has 1 amide bonds. The van der Waals surface area contributed by atoms with E-state index in [1.807, 2.05) is 6.07 Å². The molecule has 1 aromatic carbocycles. The van der Waals surface area contributed by atoms with Crippen molar-refractivity contribution in [3.8, 4) is 6.07 Å². The Labute approximate surface area is 155 Å². The molecule has 0 aliphatic carbocycles. The van der Waals surface area contributed by atoms with Gasteiger partial charge in [-0.25, -0.2) is 9.97 Å². The van der Waals surface area contributed by atoms with Crippen LogP contribution < -0.4 is 11.1 Å². The van der Waals surface area contributed by atoms with Crippen molar-refractivity contribution in [3.05, 3.63) is 70.7 Å². The fourth-order valence-corrected chi connectivity index (χ4v) is 2.52. The number of rotatable bonds is 4. The van der Waals surface area contributed by atoms with Crippen LogP contribution in [0.3, 0.4) is 0 Å². The number of carbonyl (C=O) groups excluding carboxylic acids is 1. The van der Waals surface area contributed by atoms with E-state index in [1.54, 1.807) is 38.1 Å². The number of amides is 1. The van der Waals surface area contributed by atoms with Gasteiger partial charge in [-0.05, 0) is 36.8 Å². The molecule has 8 nitrogen and oxygen atoms in total. The molecule has 0 bridgehead atoms. The van der Waals surface area contributed by atoms with E-state index in [2.05, 4.69) is 15.3 Å². The first-order valence-electron chi connectivity index (χ1n) is 7.98. The molecule has 2 heterocycles. The zero-order valence-electron chi connectivity index (χ0n) is 14.7. The third-order valence-electron chi connectivity index (χ3n) is 3.87. The van der Waals surface area contributed by atoms with Crippen LogP contribution in [0.15, 0.2) is 41.1 Å². The van der Waals surface area contributed by atoms with Gasteiger partial charge in [0.25, 0.3) is 5.91 Å². The zero-order valence-corrected chi connectivity index (χ0v) is 14.7. The molecule has 0 saturated heterocycles. The van der Waals surface area contributed by atoms with E-state index in [-0.39, 0.29) is 17.2 Å². The number of carbonyl (C=O) groups is 1. The number of nitriles is 1. The van der Waals surface area contributed by atoms with Gasteiger partial charge in [0, 0.05) is 30.1 Å². The van der Waals surface area contributed by atoms with Gasteiger partial charge in [-0.3, -0.25) is 10.2 Å². The Kier molecular flexibility index (Phi) is 4.68. The summed E-state index contributed by atoms with van der Waals surface area (Å²) in [5.41, 5.74) is 8.47. The Morgan fingerprint density at radius 2 is 2.04 bits per heavy atom. The van der Waals surface area contributed by atoms with Crippen molar-refractivity contribution >= 4 is 23.0 Å². The molecular weight excluding hydrogens is 344 g/mol. The van der Waals surface area contributed by atoms with Gasteiger partial charge in [-0.1, -0.05) is 0 Å². The van der Waals surface area contributed by atoms with Gasteiger partial charge < -0.3 is 15.5 Å². The largest absolute Gasteiger partial charge is 0.439 e. The van der Waals surface area contributed by atoms with E-state index < -0.39 is 5.91 Å². The second-order valence-corrected chi connectivity index (χ2v) is 5.88. The average molecular weight is 360 g/mol. The Bertz CT molecular complexity index is 1090. The number of benzene rings is 1. The third kappa shape index (κ3) is 3.67. The minimum atomic E-state index is -0.422. The Morgan fingerprint density at radius 1 is 1.26 bits per heavy atom. The molecule has 0 radical (unpaired) electrons. The van der Waals surface area contributed by atoms with Gasteiger partial charge in [0.1, 0.15) is 17.5 Å². The number of hydrogen-bond acceptors (Lipinski definition) is 7. The van der Waals surface area contributed by atoms with Crippen molar-refractivity contribution in [3.63, 3.8) is 0 Å². The number of aromatic nitrogens is 2. The van der Waals surface area contributed by atoms with Gasteiger partial charge in [-0.2, -0.15) is 5.26 Å². The highest BCUT2D eigenvalue weighted by Gasteiger charge is 2.16. The minimum absolute atomic E-state index is 0.0666. The van der Waals surface area contributed by atoms with E-state index in [9.17, 15) is 4.79 Å². The molecule has 134 valence electrons. The molecule has 0 fully saturated rings. The van der Waals surface area contributed by atoms with Gasteiger partial charge >= 0.3 is 0 Å². The fraction of sp³-hybridized carbons (Fsp3) is 0.105. The van der Waals surface area contributed by atoms with Crippen LogP contribution >= 0.6 is 0 Å². The molecule has 4 N–H and O–H groups in total.